The molecular formula is C36H45N3O7. The van der Waals surface area contributed by atoms with E-state index < -0.39 is 22.7 Å². The van der Waals surface area contributed by atoms with Crippen molar-refractivity contribution in [1.29, 1.82) is 0 Å². The Labute approximate surface area is 269 Å². The molecule has 8 aliphatic rings. The number of nitrogens with two attached hydrogens (primary N) is 1. The smallest absolute Gasteiger partial charge is 0.174 e. The molecule has 4 bridgehead atoms. The number of aliphatic hydroxyl groups is 2. The second kappa shape index (κ2) is 9.38. The zero-order valence-corrected chi connectivity index (χ0v) is 27.2. The summed E-state index contributed by atoms with van der Waals surface area (Å²) in [6.07, 6.45) is 5.05. The third-order valence-corrected chi connectivity index (χ3v) is 13.7. The van der Waals surface area contributed by atoms with E-state index in [-0.39, 0.29) is 35.4 Å². The number of ether oxygens (including phenoxy) is 4. The predicted molar refractivity (Wildman–Crippen MR) is 169 cm³/mol. The van der Waals surface area contributed by atoms with Crippen molar-refractivity contribution < 1.29 is 34.0 Å². The number of benzene rings is 2. The standard InChI is InChI=1S/C18H24N2O3.C18H21NO4/c1-20-8-7-17-14-10-3-4-12(22-2)15(14)23-16(17)11(19)5-6-18(17,21)13(20)9-10;1-19-8-7-17-14-10-3-4-12(22-2)15(14)23-16(17)11(20)5-6-18(17,21)13(19)9-10/h3-4,11,13,16,21H,5-9,19H2,1-2H3;3-4,13,16,21H,5-9H2,1-2H3/t11-,13?,16+,17+,18-;13?,16-,17-,18+/m10/s1. The highest BCUT2D eigenvalue weighted by Gasteiger charge is 2.74. The van der Waals surface area contributed by atoms with Crippen LogP contribution in [0.15, 0.2) is 24.3 Å². The molecule has 4 aliphatic heterocycles. The van der Waals surface area contributed by atoms with Crippen LogP contribution < -0.4 is 24.7 Å². The lowest BCUT2D eigenvalue weighted by atomic mass is 9.48. The fourth-order valence-corrected chi connectivity index (χ4v) is 11.6. The zero-order valence-electron chi connectivity index (χ0n) is 27.2. The van der Waals surface area contributed by atoms with Gasteiger partial charge in [-0.1, -0.05) is 12.1 Å². The molecule has 0 amide bonds. The van der Waals surface area contributed by atoms with Crippen LogP contribution in [-0.4, -0.2) is 109 Å². The van der Waals surface area contributed by atoms with Crippen molar-refractivity contribution in [3.8, 4) is 23.0 Å². The molecule has 0 aromatic heterocycles. The van der Waals surface area contributed by atoms with Crippen molar-refractivity contribution in [3.63, 3.8) is 0 Å². The Bertz CT molecular complexity index is 1670. The molecule has 2 aromatic rings. The van der Waals surface area contributed by atoms with E-state index in [9.17, 15) is 15.0 Å². The predicted octanol–water partition coefficient (Wildman–Crippen LogP) is 1.85. The van der Waals surface area contributed by atoms with Crippen molar-refractivity contribution in [1.82, 2.24) is 9.80 Å². The monoisotopic (exact) mass is 631 g/mol. The second-order valence-electron chi connectivity index (χ2n) is 15.2. The van der Waals surface area contributed by atoms with Gasteiger partial charge in [0.1, 0.15) is 6.10 Å². The van der Waals surface area contributed by atoms with Crippen molar-refractivity contribution in [2.24, 2.45) is 5.73 Å². The highest BCUT2D eigenvalue weighted by Crippen LogP contribution is 2.66. The minimum atomic E-state index is -0.900. The molecule has 10 heteroatoms. The Kier molecular flexibility index (Phi) is 5.97. The van der Waals surface area contributed by atoms with E-state index in [0.29, 0.717) is 24.3 Å². The summed E-state index contributed by atoms with van der Waals surface area (Å²) in [5.74, 6) is 3.06. The Balaban J connectivity index is 0.000000127. The van der Waals surface area contributed by atoms with Crippen LogP contribution in [-0.2, 0) is 28.5 Å². The third kappa shape index (κ3) is 3.14. The van der Waals surface area contributed by atoms with Gasteiger partial charge in [0.15, 0.2) is 34.9 Å². The number of carbonyl (C=O) groups is 1. The Morgan fingerprint density at radius 2 is 1.35 bits per heavy atom. The normalized spacial score (nSPS) is 42.2. The third-order valence-electron chi connectivity index (χ3n) is 13.7. The SMILES string of the molecule is COc1ccc2c3c1O[C@H]1C(=O)CC[C@@]4(O)C(C2)N(C)CC[C@]314.COc1ccc2c3c1O[C@H]1[C@H](N)CC[C@@]4(O)C(C2)N(C)CC[C@]314. The molecule has 2 aromatic carbocycles. The van der Waals surface area contributed by atoms with Crippen LogP contribution in [0.4, 0.5) is 0 Å². The van der Waals surface area contributed by atoms with E-state index in [1.165, 1.54) is 16.7 Å². The molecule has 10 nitrogen and oxygen atoms in total. The Morgan fingerprint density at radius 3 is 1.96 bits per heavy atom. The van der Waals surface area contributed by atoms with Crippen molar-refractivity contribution in [3.05, 3.63) is 46.5 Å². The van der Waals surface area contributed by atoms with Gasteiger partial charge in [0, 0.05) is 35.7 Å². The summed E-state index contributed by atoms with van der Waals surface area (Å²) in [7, 11) is 7.50. The van der Waals surface area contributed by atoms with Crippen LogP contribution in [0.2, 0.25) is 0 Å². The molecule has 2 saturated carbocycles. The fraction of sp³-hybridized carbons (Fsp3) is 0.639. The number of carbonyl (C=O) groups excluding carboxylic acids is 1. The highest BCUT2D eigenvalue weighted by atomic mass is 16.5. The van der Waals surface area contributed by atoms with Crippen LogP contribution in [0.5, 0.6) is 23.0 Å². The van der Waals surface area contributed by atoms with Gasteiger partial charge in [-0.3, -0.25) is 4.79 Å². The number of Topliss-reactive ketones (excluding diaryl/α,β-unsaturated/α-hetero) is 1. The van der Waals surface area contributed by atoms with Crippen LogP contribution in [0.3, 0.4) is 0 Å². The average molecular weight is 632 g/mol. The van der Waals surface area contributed by atoms with Gasteiger partial charge in [-0.2, -0.15) is 0 Å². The van der Waals surface area contributed by atoms with Crippen LogP contribution in [0, 0.1) is 0 Å². The van der Waals surface area contributed by atoms with Gasteiger partial charge in [0.25, 0.3) is 0 Å². The van der Waals surface area contributed by atoms with Gasteiger partial charge < -0.3 is 44.7 Å². The molecule has 10 rings (SSSR count). The lowest BCUT2D eigenvalue weighted by Crippen LogP contribution is -2.77. The maximum absolute atomic E-state index is 12.7. The summed E-state index contributed by atoms with van der Waals surface area (Å²) in [6.45, 7) is 1.84. The van der Waals surface area contributed by atoms with Gasteiger partial charge in [-0.15, -0.1) is 0 Å². The number of ketones is 1. The molecule has 4 N–H and O–H groups in total. The molecule has 4 fully saturated rings. The van der Waals surface area contributed by atoms with Crippen molar-refractivity contribution in [2.75, 3.05) is 41.4 Å². The molecule has 2 saturated heterocycles. The summed E-state index contributed by atoms with van der Waals surface area (Å²) in [5.41, 5.74) is 8.54. The largest absolute Gasteiger partial charge is 0.493 e. The first-order chi connectivity index (χ1) is 22.1. The minimum absolute atomic E-state index is 0.0395. The molecule has 4 heterocycles. The quantitative estimate of drug-likeness (QED) is 0.452. The lowest BCUT2D eigenvalue weighted by Gasteiger charge is -2.63. The van der Waals surface area contributed by atoms with E-state index in [2.05, 4.69) is 36.0 Å². The fourth-order valence-electron chi connectivity index (χ4n) is 11.6. The average Bonchev–Trinajstić information content (AvgIpc) is 3.59. The van der Waals surface area contributed by atoms with Crippen LogP contribution in [0.25, 0.3) is 0 Å². The first-order valence-electron chi connectivity index (χ1n) is 16.9. The first kappa shape index (κ1) is 29.3. The van der Waals surface area contributed by atoms with Gasteiger partial charge in [0.05, 0.1) is 36.3 Å². The van der Waals surface area contributed by atoms with Gasteiger partial charge in [0.2, 0.25) is 0 Å². The van der Waals surface area contributed by atoms with Crippen molar-refractivity contribution >= 4 is 5.78 Å². The number of likely N-dealkylation sites (tertiary alicyclic amines) is 2. The Morgan fingerprint density at radius 1 is 0.804 bits per heavy atom. The first-order valence-corrected chi connectivity index (χ1v) is 16.9. The maximum atomic E-state index is 12.7. The number of rotatable bonds is 2. The summed E-state index contributed by atoms with van der Waals surface area (Å²) < 4.78 is 23.6. The second-order valence-corrected chi connectivity index (χ2v) is 15.2. The molecule has 46 heavy (non-hydrogen) atoms. The molecule has 2 spiro atoms. The van der Waals surface area contributed by atoms with E-state index >= 15 is 0 Å². The van der Waals surface area contributed by atoms with Crippen molar-refractivity contribution in [2.45, 2.75) is 104 Å². The maximum Gasteiger partial charge on any atom is 0.174 e. The summed E-state index contributed by atoms with van der Waals surface area (Å²) >= 11 is 0. The number of piperidine rings is 2. The summed E-state index contributed by atoms with van der Waals surface area (Å²) in [6, 6.07) is 8.29. The molecule has 4 aliphatic carbocycles. The van der Waals surface area contributed by atoms with E-state index in [0.717, 1.165) is 68.7 Å². The molecular weight excluding hydrogens is 586 g/mol. The Hall–Kier alpha value is -2.89. The number of hydrogen-bond donors (Lipinski definition) is 3. The molecule has 246 valence electrons. The summed E-state index contributed by atoms with van der Waals surface area (Å²) in [4.78, 5) is 17.2. The number of methoxy groups -OCH3 is 2. The lowest BCUT2D eigenvalue weighted by molar-refractivity contribution is -0.185. The molecule has 0 radical (unpaired) electrons. The van der Waals surface area contributed by atoms with Gasteiger partial charge in [-0.25, -0.2) is 0 Å². The van der Waals surface area contributed by atoms with E-state index in [1.807, 2.05) is 12.1 Å². The van der Waals surface area contributed by atoms with Crippen LogP contribution in [0.1, 0.15) is 60.8 Å². The van der Waals surface area contributed by atoms with E-state index in [1.54, 1.807) is 14.2 Å². The molecule has 9 atom stereocenters. The van der Waals surface area contributed by atoms with Crippen LogP contribution >= 0.6 is 0 Å². The minimum Gasteiger partial charge on any atom is -0.493 e. The topological polar surface area (TPSA) is 127 Å². The number of nitrogens with zero attached hydrogens (tertiary/aromatic N) is 2. The molecule has 2 unspecified atom stereocenters. The van der Waals surface area contributed by atoms with E-state index in [4.69, 9.17) is 24.7 Å². The van der Waals surface area contributed by atoms with Gasteiger partial charge in [-0.05, 0) is 95.4 Å². The number of hydrogen-bond acceptors (Lipinski definition) is 10. The zero-order chi connectivity index (χ0) is 32.0. The van der Waals surface area contributed by atoms with Gasteiger partial charge >= 0.3 is 0 Å². The highest BCUT2D eigenvalue weighted by molar-refractivity contribution is 5.90. The number of likely N-dealkylation sites (N-methyl/N-ethyl adjacent to an activating group) is 2. The summed E-state index contributed by atoms with van der Waals surface area (Å²) in [5, 5.41) is 23.6.